The van der Waals surface area contributed by atoms with Crippen molar-refractivity contribution in [1.82, 2.24) is 5.32 Å². The average Bonchev–Trinajstić information content (AvgIpc) is 3.02. The van der Waals surface area contributed by atoms with Crippen LogP contribution in [0.1, 0.15) is 72.1 Å². The molecule has 7 heteroatoms. The fraction of sp³-hybridized carbons (Fsp3) is 0.792. The Morgan fingerprint density at radius 3 is 2.71 bits per heavy atom. The number of amides is 1. The van der Waals surface area contributed by atoms with Crippen LogP contribution in [0.5, 0.6) is 0 Å². The van der Waals surface area contributed by atoms with Gasteiger partial charge in [-0.05, 0) is 93.0 Å². The average molecular weight is 433 g/mol. The number of aliphatic hydroxyl groups is 1. The van der Waals surface area contributed by atoms with Crippen LogP contribution < -0.4 is 5.32 Å². The van der Waals surface area contributed by atoms with Crippen molar-refractivity contribution >= 4 is 17.6 Å². The largest absolute Gasteiger partial charge is 0.480 e. The normalized spacial score (nSPS) is 41.4. The number of hydrogen-bond acceptors (Lipinski definition) is 5. The van der Waals surface area contributed by atoms with Gasteiger partial charge in [0.1, 0.15) is 6.04 Å². The Bertz CT molecular complexity index is 808. The molecule has 4 aliphatic rings. The van der Waals surface area contributed by atoms with Crippen LogP contribution in [-0.2, 0) is 14.4 Å². The summed E-state index contributed by atoms with van der Waals surface area (Å²) in [6, 6.07) is -0.949. The molecule has 0 spiro atoms. The molecule has 3 saturated carbocycles. The highest BCUT2D eigenvalue weighted by molar-refractivity contribution is 5.96. The first kappa shape index (κ1) is 22.3. The van der Waals surface area contributed by atoms with Gasteiger partial charge in [-0.1, -0.05) is 24.6 Å². The van der Waals surface area contributed by atoms with Crippen molar-refractivity contribution in [3.05, 3.63) is 11.6 Å². The molecule has 0 saturated heterocycles. The molecule has 3 N–H and O–H groups in total. The third-order valence-electron chi connectivity index (χ3n) is 9.05. The Labute approximate surface area is 184 Å². The Balaban J connectivity index is 1.41. The molecule has 0 heterocycles. The van der Waals surface area contributed by atoms with Crippen LogP contribution in [0.15, 0.2) is 16.8 Å². The number of nitrogens with zero attached hydrogens (tertiary/aromatic N) is 1. The van der Waals surface area contributed by atoms with Crippen LogP contribution >= 0.6 is 0 Å². The number of carbonyl (C=O) groups excluding carboxylic acids is 1. The summed E-state index contributed by atoms with van der Waals surface area (Å²) in [5, 5.41) is 26.0. The molecular formula is C24H36N2O5. The highest BCUT2D eigenvalue weighted by atomic mass is 16.6. The van der Waals surface area contributed by atoms with Crippen LogP contribution in [0.4, 0.5) is 0 Å². The van der Waals surface area contributed by atoms with Crippen LogP contribution in [0, 0.1) is 28.6 Å². The molecule has 1 amide bonds. The van der Waals surface area contributed by atoms with E-state index in [0.29, 0.717) is 17.8 Å². The number of carbonyl (C=O) groups is 2. The molecule has 0 aromatic rings. The third-order valence-corrected chi connectivity index (χ3v) is 9.05. The predicted octanol–water partition coefficient (Wildman–Crippen LogP) is 3.27. The van der Waals surface area contributed by atoms with Gasteiger partial charge in [0.25, 0.3) is 5.91 Å². The van der Waals surface area contributed by atoms with E-state index in [1.807, 2.05) is 0 Å². The lowest BCUT2D eigenvalue weighted by atomic mass is 9.47. The van der Waals surface area contributed by atoms with E-state index in [-0.39, 0.29) is 23.5 Å². The summed E-state index contributed by atoms with van der Waals surface area (Å²) in [6.45, 7) is 5.86. The van der Waals surface area contributed by atoms with Crippen molar-refractivity contribution in [2.75, 3.05) is 6.61 Å². The number of fused-ring (bicyclic) bond motifs is 5. The zero-order valence-electron chi connectivity index (χ0n) is 18.9. The van der Waals surface area contributed by atoms with Gasteiger partial charge in [-0.2, -0.15) is 0 Å². The Hall–Kier alpha value is -1.89. The van der Waals surface area contributed by atoms with Crippen molar-refractivity contribution in [2.45, 2.75) is 84.3 Å². The van der Waals surface area contributed by atoms with Crippen LogP contribution in [0.3, 0.4) is 0 Å². The van der Waals surface area contributed by atoms with Gasteiger partial charge >= 0.3 is 5.97 Å². The Kier molecular flexibility index (Phi) is 5.92. The molecule has 7 nitrogen and oxygen atoms in total. The first-order chi connectivity index (χ1) is 14.6. The second kappa shape index (κ2) is 8.23. The van der Waals surface area contributed by atoms with E-state index in [2.05, 4.69) is 30.4 Å². The minimum atomic E-state index is -1.08. The molecular weight excluding hydrogens is 396 g/mol. The van der Waals surface area contributed by atoms with Gasteiger partial charge in [-0.25, -0.2) is 0 Å². The summed E-state index contributed by atoms with van der Waals surface area (Å²) < 4.78 is 0. The van der Waals surface area contributed by atoms with Crippen molar-refractivity contribution in [2.24, 2.45) is 33.7 Å². The predicted molar refractivity (Wildman–Crippen MR) is 116 cm³/mol. The van der Waals surface area contributed by atoms with Gasteiger partial charge < -0.3 is 20.4 Å². The lowest BCUT2D eigenvalue weighted by Gasteiger charge is -2.57. The van der Waals surface area contributed by atoms with Crippen molar-refractivity contribution in [3.8, 4) is 0 Å². The molecule has 0 radical (unpaired) electrons. The summed E-state index contributed by atoms with van der Waals surface area (Å²) in [5.74, 6) is 0.442. The van der Waals surface area contributed by atoms with Crippen LogP contribution in [0.2, 0.25) is 0 Å². The summed E-state index contributed by atoms with van der Waals surface area (Å²) in [4.78, 5) is 27.8. The van der Waals surface area contributed by atoms with E-state index >= 15 is 0 Å². The summed E-state index contributed by atoms with van der Waals surface area (Å²) >= 11 is 0. The molecule has 4 rings (SSSR count). The van der Waals surface area contributed by atoms with Gasteiger partial charge in [-0.3, -0.25) is 9.59 Å². The minimum Gasteiger partial charge on any atom is -0.480 e. The maximum atomic E-state index is 11.8. The Morgan fingerprint density at radius 2 is 1.97 bits per heavy atom. The summed E-state index contributed by atoms with van der Waals surface area (Å²) in [7, 11) is 0. The monoisotopic (exact) mass is 432 g/mol. The maximum absolute atomic E-state index is 11.8. The first-order valence-corrected chi connectivity index (χ1v) is 11.8. The smallest absolute Gasteiger partial charge is 0.325 e. The second-order valence-corrected chi connectivity index (χ2v) is 10.6. The summed E-state index contributed by atoms with van der Waals surface area (Å²) in [5.41, 5.74) is 2.60. The maximum Gasteiger partial charge on any atom is 0.325 e. The molecule has 7 atom stereocenters. The van der Waals surface area contributed by atoms with Gasteiger partial charge in [0.2, 0.25) is 0 Å². The molecule has 5 unspecified atom stereocenters. The van der Waals surface area contributed by atoms with Gasteiger partial charge in [0.05, 0.1) is 11.8 Å². The number of hydrogen-bond donors (Lipinski definition) is 3. The van der Waals surface area contributed by atoms with E-state index in [4.69, 9.17) is 9.94 Å². The quantitative estimate of drug-likeness (QED) is 0.578. The second-order valence-electron chi connectivity index (χ2n) is 10.6. The number of nitrogens with one attached hydrogen (secondary N) is 1. The molecule has 0 bridgehead atoms. The third kappa shape index (κ3) is 3.90. The van der Waals surface area contributed by atoms with E-state index in [1.54, 1.807) is 0 Å². The van der Waals surface area contributed by atoms with Gasteiger partial charge in [0.15, 0.2) is 6.61 Å². The molecule has 172 valence electrons. The fourth-order valence-corrected chi connectivity index (χ4v) is 7.13. The topological polar surface area (TPSA) is 108 Å². The van der Waals surface area contributed by atoms with Gasteiger partial charge in [0, 0.05) is 0 Å². The van der Waals surface area contributed by atoms with Crippen molar-refractivity contribution in [3.63, 3.8) is 0 Å². The van der Waals surface area contributed by atoms with Gasteiger partial charge in [-0.15, -0.1) is 0 Å². The SMILES string of the molecule is CC(NC(=O)CO/N=C1/C=C2CCC3C4CCC(O)[C@@]4(C)CCC3[C@@]2(C)CC1)C(=O)O. The van der Waals surface area contributed by atoms with Crippen LogP contribution in [-0.4, -0.2) is 46.6 Å². The van der Waals surface area contributed by atoms with E-state index < -0.39 is 17.9 Å². The van der Waals surface area contributed by atoms with Crippen molar-refractivity contribution in [1.29, 1.82) is 0 Å². The molecule has 0 aromatic carbocycles. The zero-order chi connectivity index (χ0) is 22.4. The number of rotatable bonds is 5. The number of oxime groups is 1. The minimum absolute atomic E-state index is 0.104. The zero-order valence-corrected chi connectivity index (χ0v) is 18.9. The summed E-state index contributed by atoms with van der Waals surface area (Å²) in [6.07, 6.45) is 10.6. The number of aliphatic carboxylic acids is 1. The molecule has 0 aliphatic heterocycles. The van der Waals surface area contributed by atoms with Crippen molar-refractivity contribution < 1.29 is 24.6 Å². The lowest BCUT2D eigenvalue weighted by molar-refractivity contribution is -0.142. The fourth-order valence-electron chi connectivity index (χ4n) is 7.13. The number of aliphatic hydroxyl groups excluding tert-OH is 1. The molecule has 4 aliphatic carbocycles. The number of carboxylic acid groups (broad SMARTS) is 1. The first-order valence-electron chi connectivity index (χ1n) is 11.8. The molecule has 31 heavy (non-hydrogen) atoms. The van der Waals surface area contributed by atoms with E-state index in [1.165, 1.54) is 25.3 Å². The highest BCUT2D eigenvalue weighted by Gasteiger charge is 2.58. The number of carboxylic acids is 1. The molecule has 0 aromatic heterocycles. The van der Waals surface area contributed by atoms with E-state index in [9.17, 15) is 14.7 Å². The molecule has 3 fully saturated rings. The Morgan fingerprint density at radius 1 is 1.19 bits per heavy atom. The van der Waals surface area contributed by atoms with E-state index in [0.717, 1.165) is 44.2 Å². The number of allylic oxidation sites excluding steroid dienone is 2. The lowest BCUT2D eigenvalue weighted by Crippen LogP contribution is -2.51. The standard InChI is InChI=1S/C24H36N2O5/c1-14(22(29)30)25-21(28)13-31-26-16-8-10-23(2)15(12-16)4-5-17-18-6-7-20(27)24(18,3)11-9-19(17)23/h12,14,17-20,27H,4-11,13H2,1-3H3,(H,25,28)(H,29,30)/b26-16+/t14?,17?,18?,19?,20?,23-,24-/m0/s1. The van der Waals surface area contributed by atoms with Crippen LogP contribution in [0.25, 0.3) is 0 Å². The highest BCUT2D eigenvalue weighted by Crippen LogP contribution is 2.65.